The lowest BCUT2D eigenvalue weighted by Crippen LogP contribution is -2.27. The molecule has 0 atom stereocenters. The van der Waals surface area contributed by atoms with E-state index in [0.29, 0.717) is 18.7 Å². The van der Waals surface area contributed by atoms with Crippen molar-refractivity contribution in [3.63, 3.8) is 0 Å². The molecule has 4 nitrogen and oxygen atoms in total. The Morgan fingerprint density at radius 1 is 1.21 bits per heavy atom. The van der Waals surface area contributed by atoms with E-state index in [9.17, 15) is 4.79 Å². The van der Waals surface area contributed by atoms with Crippen molar-refractivity contribution < 1.29 is 4.79 Å². The fourth-order valence-corrected chi connectivity index (χ4v) is 1.84. The lowest BCUT2D eigenvalue weighted by atomic mass is 10.1. The van der Waals surface area contributed by atoms with Crippen LogP contribution in [0.4, 0.5) is 5.69 Å². The first kappa shape index (κ1) is 13.1. The van der Waals surface area contributed by atoms with Crippen molar-refractivity contribution in [1.29, 1.82) is 0 Å². The molecule has 0 saturated heterocycles. The fraction of sp³-hybridized carbons (Fsp3) is 0.200. The van der Waals surface area contributed by atoms with E-state index in [1.807, 2.05) is 42.6 Å². The molecule has 0 radical (unpaired) electrons. The topological polar surface area (TPSA) is 68.0 Å². The van der Waals surface area contributed by atoms with Crippen molar-refractivity contribution in [1.82, 2.24) is 10.3 Å². The molecule has 1 amide bonds. The summed E-state index contributed by atoms with van der Waals surface area (Å²) in [6, 6.07) is 11.3. The van der Waals surface area contributed by atoms with Gasteiger partial charge in [-0.15, -0.1) is 0 Å². The second-order valence-corrected chi connectivity index (χ2v) is 4.38. The van der Waals surface area contributed by atoms with Gasteiger partial charge < -0.3 is 11.1 Å². The summed E-state index contributed by atoms with van der Waals surface area (Å²) in [5.74, 6) is 0.00879. The Bertz CT molecular complexity index is 540. The molecular weight excluding hydrogens is 238 g/mol. The number of anilines is 1. The highest BCUT2D eigenvalue weighted by Gasteiger charge is 2.03. The van der Waals surface area contributed by atoms with Crippen molar-refractivity contribution in [2.45, 2.75) is 12.8 Å². The van der Waals surface area contributed by atoms with Gasteiger partial charge in [0, 0.05) is 24.6 Å². The van der Waals surface area contributed by atoms with Gasteiger partial charge in [0.15, 0.2) is 0 Å². The Morgan fingerprint density at radius 2 is 2.05 bits per heavy atom. The van der Waals surface area contributed by atoms with E-state index >= 15 is 0 Å². The van der Waals surface area contributed by atoms with Crippen LogP contribution in [-0.4, -0.2) is 17.4 Å². The van der Waals surface area contributed by atoms with Gasteiger partial charge in [0.2, 0.25) is 5.91 Å². The van der Waals surface area contributed by atoms with Crippen molar-refractivity contribution in [3.05, 3.63) is 59.9 Å². The Balaban J connectivity index is 1.76. The minimum absolute atomic E-state index is 0.00879. The second-order valence-electron chi connectivity index (χ2n) is 4.38. The molecule has 0 fully saturated rings. The van der Waals surface area contributed by atoms with Crippen molar-refractivity contribution in [3.8, 4) is 0 Å². The van der Waals surface area contributed by atoms with Crippen LogP contribution in [0.1, 0.15) is 11.1 Å². The van der Waals surface area contributed by atoms with Crippen LogP contribution < -0.4 is 11.1 Å². The molecule has 4 heteroatoms. The lowest BCUT2D eigenvalue weighted by Gasteiger charge is -2.05. The second kappa shape index (κ2) is 6.54. The number of amides is 1. The van der Waals surface area contributed by atoms with Crippen LogP contribution in [0, 0.1) is 0 Å². The Kier molecular flexibility index (Phi) is 4.50. The predicted molar refractivity (Wildman–Crippen MR) is 75.5 cm³/mol. The number of rotatable bonds is 5. The Labute approximate surface area is 112 Å². The normalized spacial score (nSPS) is 10.1. The molecule has 19 heavy (non-hydrogen) atoms. The van der Waals surface area contributed by atoms with E-state index in [4.69, 9.17) is 5.73 Å². The first-order valence-corrected chi connectivity index (χ1v) is 6.24. The molecule has 0 aliphatic heterocycles. The fourth-order valence-electron chi connectivity index (χ4n) is 1.84. The molecule has 2 aromatic rings. The maximum Gasteiger partial charge on any atom is 0.224 e. The maximum absolute atomic E-state index is 11.7. The molecular formula is C15H17N3O. The van der Waals surface area contributed by atoms with E-state index < -0.39 is 0 Å². The molecule has 0 aliphatic rings. The van der Waals surface area contributed by atoms with Crippen molar-refractivity contribution >= 4 is 11.6 Å². The van der Waals surface area contributed by atoms with Crippen LogP contribution in [0.15, 0.2) is 48.8 Å². The first-order valence-electron chi connectivity index (χ1n) is 6.24. The molecule has 1 aromatic heterocycles. The summed E-state index contributed by atoms with van der Waals surface area (Å²) in [4.78, 5) is 15.8. The zero-order chi connectivity index (χ0) is 13.5. The van der Waals surface area contributed by atoms with Crippen molar-refractivity contribution in [2.75, 3.05) is 12.3 Å². The summed E-state index contributed by atoms with van der Waals surface area (Å²) in [6.45, 7) is 0.618. The summed E-state index contributed by atoms with van der Waals surface area (Å²) in [6.07, 6.45) is 4.69. The smallest absolute Gasteiger partial charge is 0.224 e. The van der Waals surface area contributed by atoms with Crippen LogP contribution >= 0.6 is 0 Å². The number of hydrogen-bond acceptors (Lipinski definition) is 3. The number of benzene rings is 1. The number of nitrogens with zero attached hydrogens (tertiary/aromatic N) is 1. The summed E-state index contributed by atoms with van der Waals surface area (Å²) in [5, 5.41) is 2.89. The maximum atomic E-state index is 11.7. The molecule has 3 N–H and O–H groups in total. The molecule has 0 saturated carbocycles. The highest BCUT2D eigenvalue weighted by Crippen LogP contribution is 2.06. The van der Waals surface area contributed by atoms with E-state index in [1.165, 1.54) is 0 Å². The zero-order valence-electron chi connectivity index (χ0n) is 10.7. The van der Waals surface area contributed by atoms with Gasteiger partial charge in [-0.2, -0.15) is 0 Å². The summed E-state index contributed by atoms with van der Waals surface area (Å²) in [7, 11) is 0. The highest BCUT2D eigenvalue weighted by atomic mass is 16.1. The van der Waals surface area contributed by atoms with Crippen LogP contribution in [0.3, 0.4) is 0 Å². The standard InChI is InChI=1S/C15H17N3O/c16-14-5-1-3-13(9-14)10-15(19)18-8-6-12-4-2-7-17-11-12/h1-5,7,9,11H,6,8,10,16H2,(H,18,19). The number of nitrogens with two attached hydrogens (primary N) is 1. The molecule has 1 aromatic carbocycles. The molecule has 0 bridgehead atoms. The van der Waals surface area contributed by atoms with Crippen LogP contribution in [0.25, 0.3) is 0 Å². The number of nitrogen functional groups attached to an aromatic ring is 1. The summed E-state index contributed by atoms with van der Waals surface area (Å²) < 4.78 is 0. The van der Waals surface area contributed by atoms with E-state index in [-0.39, 0.29) is 5.91 Å². The number of hydrogen-bond donors (Lipinski definition) is 2. The molecule has 2 rings (SSSR count). The monoisotopic (exact) mass is 255 g/mol. The third-order valence-electron chi connectivity index (χ3n) is 2.77. The van der Waals surface area contributed by atoms with Gasteiger partial charge in [0.05, 0.1) is 6.42 Å². The zero-order valence-corrected chi connectivity index (χ0v) is 10.7. The van der Waals surface area contributed by atoms with Gasteiger partial charge in [-0.05, 0) is 35.7 Å². The highest BCUT2D eigenvalue weighted by molar-refractivity contribution is 5.78. The van der Waals surface area contributed by atoms with E-state index in [0.717, 1.165) is 17.5 Å². The first-order chi connectivity index (χ1) is 9.24. The number of carbonyl (C=O) groups is 1. The Morgan fingerprint density at radius 3 is 2.79 bits per heavy atom. The largest absolute Gasteiger partial charge is 0.399 e. The third-order valence-corrected chi connectivity index (χ3v) is 2.77. The van der Waals surface area contributed by atoms with Crippen LogP contribution in [0.2, 0.25) is 0 Å². The minimum Gasteiger partial charge on any atom is -0.399 e. The molecule has 0 aliphatic carbocycles. The molecule has 98 valence electrons. The van der Waals surface area contributed by atoms with E-state index in [1.54, 1.807) is 6.20 Å². The lowest BCUT2D eigenvalue weighted by molar-refractivity contribution is -0.120. The SMILES string of the molecule is Nc1cccc(CC(=O)NCCc2cccnc2)c1. The number of nitrogens with one attached hydrogen (secondary N) is 1. The average molecular weight is 255 g/mol. The number of pyridine rings is 1. The van der Waals surface area contributed by atoms with Gasteiger partial charge >= 0.3 is 0 Å². The predicted octanol–water partition coefficient (Wildman–Crippen LogP) is 1.57. The van der Waals surface area contributed by atoms with Gasteiger partial charge in [-0.1, -0.05) is 18.2 Å². The van der Waals surface area contributed by atoms with Gasteiger partial charge in [-0.3, -0.25) is 9.78 Å². The van der Waals surface area contributed by atoms with Crippen molar-refractivity contribution in [2.24, 2.45) is 0 Å². The van der Waals surface area contributed by atoms with Crippen LogP contribution in [-0.2, 0) is 17.6 Å². The van der Waals surface area contributed by atoms with Gasteiger partial charge in [0.1, 0.15) is 0 Å². The molecule has 0 unspecified atom stereocenters. The van der Waals surface area contributed by atoms with Gasteiger partial charge in [0.25, 0.3) is 0 Å². The van der Waals surface area contributed by atoms with Gasteiger partial charge in [-0.25, -0.2) is 0 Å². The average Bonchev–Trinajstić information content (AvgIpc) is 2.40. The quantitative estimate of drug-likeness (QED) is 0.797. The molecule has 1 heterocycles. The van der Waals surface area contributed by atoms with Crippen LogP contribution in [0.5, 0.6) is 0 Å². The summed E-state index contributed by atoms with van der Waals surface area (Å²) >= 11 is 0. The summed E-state index contributed by atoms with van der Waals surface area (Å²) in [5.41, 5.74) is 8.40. The Hall–Kier alpha value is -2.36. The number of carbonyl (C=O) groups excluding carboxylic acids is 1. The number of aromatic nitrogens is 1. The minimum atomic E-state index is 0.00879. The third kappa shape index (κ3) is 4.43. The molecule has 0 spiro atoms. The van der Waals surface area contributed by atoms with E-state index in [2.05, 4.69) is 10.3 Å².